The van der Waals surface area contributed by atoms with Gasteiger partial charge in [0.2, 0.25) is 5.95 Å². The first kappa shape index (κ1) is 11.9. The van der Waals surface area contributed by atoms with Crippen molar-refractivity contribution in [1.29, 1.82) is 0 Å². The zero-order chi connectivity index (χ0) is 11.4. The summed E-state index contributed by atoms with van der Waals surface area (Å²) >= 11 is 0. The topological polar surface area (TPSA) is 41.1 Å². The molecule has 0 spiro atoms. The molecule has 4 nitrogen and oxygen atoms in total. The number of aryl methyl sites for hydroxylation is 2. The standard InChI is InChI=1S/C11H20N4/c1-8-6-9(2)13-11(12-8)14-10(3)7-15(4)5/h6,10H,7H2,1-5H3,(H,12,13,14). The van der Waals surface area contributed by atoms with Gasteiger partial charge in [0.05, 0.1) is 0 Å². The number of anilines is 1. The smallest absolute Gasteiger partial charge is 0.223 e. The summed E-state index contributed by atoms with van der Waals surface area (Å²) in [6.45, 7) is 7.06. The minimum Gasteiger partial charge on any atom is -0.350 e. The molecule has 1 rings (SSSR count). The second-order valence-electron chi connectivity index (χ2n) is 4.28. The number of hydrogen-bond donors (Lipinski definition) is 1. The zero-order valence-electron chi connectivity index (χ0n) is 10.2. The Morgan fingerprint density at radius 1 is 1.27 bits per heavy atom. The largest absolute Gasteiger partial charge is 0.350 e. The molecule has 1 aromatic rings. The van der Waals surface area contributed by atoms with Crippen molar-refractivity contribution in [2.75, 3.05) is 26.0 Å². The Bertz CT molecular complexity index is 302. The maximum atomic E-state index is 4.34. The lowest BCUT2D eigenvalue weighted by molar-refractivity contribution is 0.391. The Morgan fingerprint density at radius 3 is 2.27 bits per heavy atom. The fourth-order valence-electron chi connectivity index (χ4n) is 1.60. The molecular formula is C11H20N4. The molecule has 0 aromatic carbocycles. The Hall–Kier alpha value is -1.16. The van der Waals surface area contributed by atoms with Gasteiger partial charge in [-0.1, -0.05) is 0 Å². The Morgan fingerprint density at radius 2 is 1.80 bits per heavy atom. The van der Waals surface area contributed by atoms with Gasteiger partial charge in [-0.15, -0.1) is 0 Å². The van der Waals surface area contributed by atoms with E-state index in [1.807, 2.05) is 19.9 Å². The summed E-state index contributed by atoms with van der Waals surface area (Å²) in [5.41, 5.74) is 2.00. The van der Waals surface area contributed by atoms with Crippen LogP contribution in [-0.4, -0.2) is 41.5 Å². The van der Waals surface area contributed by atoms with Crippen LogP contribution in [0.3, 0.4) is 0 Å². The predicted octanol–water partition coefficient (Wildman–Crippen LogP) is 1.46. The summed E-state index contributed by atoms with van der Waals surface area (Å²) in [5, 5.41) is 3.29. The molecule has 0 saturated carbocycles. The van der Waals surface area contributed by atoms with Crippen molar-refractivity contribution >= 4 is 5.95 Å². The molecule has 1 heterocycles. The van der Waals surface area contributed by atoms with Crippen LogP contribution in [0.25, 0.3) is 0 Å². The Kier molecular flexibility index (Phi) is 4.03. The number of rotatable bonds is 4. The molecule has 0 aliphatic rings. The van der Waals surface area contributed by atoms with Crippen LogP contribution in [0, 0.1) is 13.8 Å². The highest BCUT2D eigenvalue weighted by Gasteiger charge is 2.05. The molecule has 1 atom stereocenters. The van der Waals surface area contributed by atoms with E-state index in [1.165, 1.54) is 0 Å². The molecule has 4 heteroatoms. The molecule has 15 heavy (non-hydrogen) atoms. The van der Waals surface area contributed by atoms with Crippen LogP contribution in [0.5, 0.6) is 0 Å². The van der Waals surface area contributed by atoms with Gasteiger partial charge in [0, 0.05) is 24.0 Å². The lowest BCUT2D eigenvalue weighted by atomic mass is 10.3. The first-order valence-corrected chi connectivity index (χ1v) is 5.21. The quantitative estimate of drug-likeness (QED) is 0.813. The van der Waals surface area contributed by atoms with Crippen LogP contribution in [0.15, 0.2) is 6.07 Å². The van der Waals surface area contributed by atoms with Crippen LogP contribution in [-0.2, 0) is 0 Å². The van der Waals surface area contributed by atoms with E-state index in [0.29, 0.717) is 6.04 Å². The van der Waals surface area contributed by atoms with Gasteiger partial charge >= 0.3 is 0 Å². The fourth-order valence-corrected chi connectivity index (χ4v) is 1.60. The first-order valence-electron chi connectivity index (χ1n) is 5.21. The number of nitrogens with one attached hydrogen (secondary N) is 1. The van der Waals surface area contributed by atoms with E-state index >= 15 is 0 Å². The molecule has 0 radical (unpaired) electrons. The second-order valence-corrected chi connectivity index (χ2v) is 4.28. The summed E-state index contributed by atoms with van der Waals surface area (Å²) in [4.78, 5) is 10.8. The Balaban J connectivity index is 2.63. The number of nitrogens with zero attached hydrogens (tertiary/aromatic N) is 3. The van der Waals surface area contributed by atoms with Crippen molar-refractivity contribution in [2.45, 2.75) is 26.8 Å². The maximum Gasteiger partial charge on any atom is 0.223 e. The average Bonchev–Trinajstić information content (AvgIpc) is 1.98. The third-order valence-electron chi connectivity index (χ3n) is 2.00. The molecule has 0 fully saturated rings. The van der Waals surface area contributed by atoms with E-state index in [1.54, 1.807) is 0 Å². The number of aromatic nitrogens is 2. The molecule has 1 unspecified atom stereocenters. The predicted molar refractivity (Wildman–Crippen MR) is 63.1 cm³/mol. The molecule has 1 N–H and O–H groups in total. The highest BCUT2D eigenvalue weighted by atomic mass is 15.2. The van der Waals surface area contributed by atoms with Crippen molar-refractivity contribution in [1.82, 2.24) is 14.9 Å². The summed E-state index contributed by atoms with van der Waals surface area (Å²) in [7, 11) is 4.11. The maximum absolute atomic E-state index is 4.34. The highest BCUT2D eigenvalue weighted by molar-refractivity contribution is 5.28. The van der Waals surface area contributed by atoms with Gasteiger partial charge in [-0.25, -0.2) is 9.97 Å². The third-order valence-corrected chi connectivity index (χ3v) is 2.00. The van der Waals surface area contributed by atoms with Crippen LogP contribution in [0.1, 0.15) is 18.3 Å². The van der Waals surface area contributed by atoms with E-state index < -0.39 is 0 Å². The van der Waals surface area contributed by atoms with E-state index in [-0.39, 0.29) is 0 Å². The first-order chi connectivity index (χ1) is 6.97. The van der Waals surface area contributed by atoms with Crippen molar-refractivity contribution < 1.29 is 0 Å². The molecule has 0 bridgehead atoms. The van der Waals surface area contributed by atoms with E-state index in [2.05, 4.69) is 41.2 Å². The fraction of sp³-hybridized carbons (Fsp3) is 0.636. The minimum absolute atomic E-state index is 0.348. The lowest BCUT2D eigenvalue weighted by Gasteiger charge is -2.18. The van der Waals surface area contributed by atoms with Gasteiger partial charge in [-0.3, -0.25) is 0 Å². The summed E-state index contributed by atoms with van der Waals surface area (Å²) in [6, 6.07) is 2.32. The number of likely N-dealkylation sites (N-methyl/N-ethyl adjacent to an activating group) is 1. The SMILES string of the molecule is Cc1cc(C)nc(NC(C)CN(C)C)n1. The molecule has 84 valence electrons. The van der Waals surface area contributed by atoms with E-state index in [0.717, 1.165) is 23.9 Å². The normalized spacial score (nSPS) is 12.9. The van der Waals surface area contributed by atoms with Gasteiger partial charge in [0.25, 0.3) is 0 Å². The van der Waals surface area contributed by atoms with Gasteiger partial charge in [-0.05, 0) is 40.9 Å². The van der Waals surface area contributed by atoms with Crippen molar-refractivity contribution in [3.8, 4) is 0 Å². The van der Waals surface area contributed by atoms with Gasteiger partial charge in [0.15, 0.2) is 0 Å². The molecule has 0 amide bonds. The zero-order valence-corrected chi connectivity index (χ0v) is 10.2. The molecular weight excluding hydrogens is 188 g/mol. The van der Waals surface area contributed by atoms with Crippen molar-refractivity contribution in [2.24, 2.45) is 0 Å². The van der Waals surface area contributed by atoms with Crippen LogP contribution >= 0.6 is 0 Å². The van der Waals surface area contributed by atoms with Crippen LogP contribution < -0.4 is 5.32 Å². The molecule has 0 aliphatic heterocycles. The summed E-state index contributed by atoms with van der Waals surface area (Å²) in [6.07, 6.45) is 0. The monoisotopic (exact) mass is 208 g/mol. The highest BCUT2D eigenvalue weighted by Crippen LogP contribution is 2.05. The molecule has 0 aliphatic carbocycles. The minimum atomic E-state index is 0.348. The van der Waals surface area contributed by atoms with Gasteiger partial charge in [-0.2, -0.15) is 0 Å². The summed E-state index contributed by atoms with van der Waals surface area (Å²) in [5.74, 6) is 0.724. The van der Waals surface area contributed by atoms with Crippen molar-refractivity contribution in [3.63, 3.8) is 0 Å². The molecule has 1 aromatic heterocycles. The summed E-state index contributed by atoms with van der Waals surface area (Å²) < 4.78 is 0. The number of hydrogen-bond acceptors (Lipinski definition) is 4. The second kappa shape index (κ2) is 5.07. The lowest BCUT2D eigenvalue weighted by Crippen LogP contribution is -2.30. The van der Waals surface area contributed by atoms with E-state index in [4.69, 9.17) is 0 Å². The van der Waals surface area contributed by atoms with Crippen LogP contribution in [0.4, 0.5) is 5.95 Å². The third kappa shape index (κ3) is 4.25. The average molecular weight is 208 g/mol. The Labute approximate surface area is 91.7 Å². The van der Waals surface area contributed by atoms with Gasteiger partial charge < -0.3 is 10.2 Å². The molecule has 0 saturated heterocycles. The van der Waals surface area contributed by atoms with Crippen molar-refractivity contribution in [3.05, 3.63) is 17.5 Å². The van der Waals surface area contributed by atoms with E-state index in [9.17, 15) is 0 Å². The van der Waals surface area contributed by atoms with Gasteiger partial charge in [0.1, 0.15) is 0 Å². The van der Waals surface area contributed by atoms with Crippen LogP contribution in [0.2, 0.25) is 0 Å².